The molecule has 2 rings (SSSR count). The van der Waals surface area contributed by atoms with Crippen LogP contribution in [0.15, 0.2) is 36.3 Å². The third-order valence-electron chi connectivity index (χ3n) is 2.70. The second-order valence-electron chi connectivity index (χ2n) is 4.12. The SMILES string of the molecule is COC(=O)/C=C(/Nc1cc(-n2cnnn2)ccc1F)C(=O)OC. The lowest BCUT2D eigenvalue weighted by Crippen LogP contribution is -2.16. The van der Waals surface area contributed by atoms with Crippen LogP contribution in [0.25, 0.3) is 5.69 Å². The van der Waals surface area contributed by atoms with Gasteiger partial charge in [0.15, 0.2) is 0 Å². The molecule has 0 saturated heterocycles. The van der Waals surface area contributed by atoms with Gasteiger partial charge in [-0.15, -0.1) is 5.10 Å². The lowest BCUT2D eigenvalue weighted by atomic mass is 10.2. The molecular weight excluding hydrogens is 309 g/mol. The Balaban J connectivity index is 2.36. The van der Waals surface area contributed by atoms with Crippen molar-refractivity contribution in [2.75, 3.05) is 19.5 Å². The molecule has 1 heterocycles. The van der Waals surface area contributed by atoms with Gasteiger partial charge in [-0.1, -0.05) is 0 Å². The Hall–Kier alpha value is -3.30. The van der Waals surface area contributed by atoms with Gasteiger partial charge >= 0.3 is 11.9 Å². The summed E-state index contributed by atoms with van der Waals surface area (Å²) in [7, 11) is 2.27. The smallest absolute Gasteiger partial charge is 0.354 e. The molecule has 2 aromatic rings. The minimum absolute atomic E-state index is 0.0708. The number of rotatable bonds is 5. The molecule has 1 aromatic carbocycles. The Morgan fingerprint density at radius 2 is 2.09 bits per heavy atom. The van der Waals surface area contributed by atoms with E-state index in [1.54, 1.807) is 0 Å². The van der Waals surface area contributed by atoms with E-state index in [0.717, 1.165) is 26.4 Å². The molecule has 9 nitrogen and oxygen atoms in total. The zero-order valence-electron chi connectivity index (χ0n) is 12.2. The number of esters is 2. The van der Waals surface area contributed by atoms with Crippen LogP contribution in [0.2, 0.25) is 0 Å². The van der Waals surface area contributed by atoms with E-state index in [1.165, 1.54) is 23.1 Å². The number of nitrogens with one attached hydrogen (secondary N) is 1. The largest absolute Gasteiger partial charge is 0.466 e. The molecule has 0 amide bonds. The topological polar surface area (TPSA) is 108 Å². The van der Waals surface area contributed by atoms with E-state index >= 15 is 0 Å². The summed E-state index contributed by atoms with van der Waals surface area (Å²) in [6.07, 6.45) is 2.18. The highest BCUT2D eigenvalue weighted by Crippen LogP contribution is 2.20. The van der Waals surface area contributed by atoms with Crippen molar-refractivity contribution in [3.8, 4) is 5.69 Å². The summed E-state index contributed by atoms with van der Waals surface area (Å²) in [5, 5.41) is 13.1. The van der Waals surface area contributed by atoms with Gasteiger partial charge in [-0.25, -0.2) is 18.7 Å². The molecule has 0 aliphatic rings. The number of benzene rings is 1. The van der Waals surface area contributed by atoms with Crippen molar-refractivity contribution in [3.05, 3.63) is 42.1 Å². The van der Waals surface area contributed by atoms with Gasteiger partial charge in [0.1, 0.15) is 17.8 Å². The molecule has 23 heavy (non-hydrogen) atoms. The molecule has 0 spiro atoms. The van der Waals surface area contributed by atoms with Gasteiger partial charge < -0.3 is 14.8 Å². The van der Waals surface area contributed by atoms with Crippen LogP contribution in [-0.4, -0.2) is 46.4 Å². The van der Waals surface area contributed by atoms with E-state index in [4.69, 9.17) is 0 Å². The van der Waals surface area contributed by atoms with Gasteiger partial charge in [0.05, 0.1) is 31.7 Å². The lowest BCUT2D eigenvalue weighted by molar-refractivity contribution is -0.138. The Morgan fingerprint density at radius 1 is 1.30 bits per heavy atom. The van der Waals surface area contributed by atoms with Crippen molar-refractivity contribution in [2.24, 2.45) is 0 Å². The Bertz CT molecular complexity index is 745. The first-order valence-corrected chi connectivity index (χ1v) is 6.23. The number of ether oxygens (including phenoxy) is 2. The van der Waals surface area contributed by atoms with Crippen molar-refractivity contribution < 1.29 is 23.5 Å². The van der Waals surface area contributed by atoms with Gasteiger partial charge in [0.2, 0.25) is 0 Å². The number of carbonyl (C=O) groups excluding carboxylic acids is 2. The van der Waals surface area contributed by atoms with Crippen LogP contribution in [0.3, 0.4) is 0 Å². The fourth-order valence-corrected chi connectivity index (χ4v) is 1.61. The third-order valence-corrected chi connectivity index (χ3v) is 2.70. The van der Waals surface area contributed by atoms with Crippen LogP contribution in [0.1, 0.15) is 0 Å². The predicted octanol–water partition coefficient (Wildman–Crippen LogP) is 0.443. The molecule has 120 valence electrons. The van der Waals surface area contributed by atoms with Crippen LogP contribution in [-0.2, 0) is 19.1 Å². The maximum Gasteiger partial charge on any atom is 0.354 e. The molecule has 0 fully saturated rings. The summed E-state index contributed by atoms with van der Waals surface area (Å²) in [6.45, 7) is 0. The fourth-order valence-electron chi connectivity index (χ4n) is 1.61. The molecule has 1 N–H and O–H groups in total. The number of aromatic nitrogens is 4. The molecule has 10 heteroatoms. The van der Waals surface area contributed by atoms with Gasteiger partial charge in [-0.2, -0.15) is 0 Å². The van der Waals surface area contributed by atoms with Crippen LogP contribution in [0, 0.1) is 5.82 Å². The zero-order chi connectivity index (χ0) is 16.8. The van der Waals surface area contributed by atoms with Crippen LogP contribution in [0.4, 0.5) is 10.1 Å². The van der Waals surface area contributed by atoms with Gasteiger partial charge in [-0.05, 0) is 28.6 Å². The first-order valence-electron chi connectivity index (χ1n) is 6.23. The summed E-state index contributed by atoms with van der Waals surface area (Å²) < 4.78 is 24.2. The van der Waals surface area contributed by atoms with E-state index in [-0.39, 0.29) is 11.4 Å². The van der Waals surface area contributed by atoms with Crippen molar-refractivity contribution >= 4 is 17.6 Å². The molecule has 0 aliphatic carbocycles. The van der Waals surface area contributed by atoms with Gasteiger partial charge in [0, 0.05) is 0 Å². The summed E-state index contributed by atoms with van der Waals surface area (Å²) >= 11 is 0. The minimum atomic E-state index is -0.859. The molecule has 0 saturated carbocycles. The summed E-state index contributed by atoms with van der Waals surface area (Å²) in [5.74, 6) is -2.31. The number of hydrogen-bond donors (Lipinski definition) is 1. The van der Waals surface area contributed by atoms with E-state index in [1.807, 2.05) is 0 Å². The highest BCUT2D eigenvalue weighted by atomic mass is 19.1. The predicted molar refractivity (Wildman–Crippen MR) is 74.8 cm³/mol. The summed E-state index contributed by atoms with van der Waals surface area (Å²) in [5.41, 5.74) is 0.0897. The van der Waals surface area contributed by atoms with Crippen molar-refractivity contribution in [1.82, 2.24) is 20.2 Å². The number of nitrogens with zero attached hydrogens (tertiary/aromatic N) is 4. The van der Waals surface area contributed by atoms with Crippen molar-refractivity contribution in [1.29, 1.82) is 0 Å². The highest BCUT2D eigenvalue weighted by Gasteiger charge is 2.15. The normalized spacial score (nSPS) is 11.0. The average Bonchev–Trinajstić information content (AvgIpc) is 3.09. The number of carbonyl (C=O) groups is 2. The Morgan fingerprint density at radius 3 is 2.70 bits per heavy atom. The van der Waals surface area contributed by atoms with E-state index < -0.39 is 17.8 Å². The fraction of sp³-hybridized carbons (Fsp3) is 0.154. The number of anilines is 1. The second kappa shape index (κ2) is 7.11. The quantitative estimate of drug-likeness (QED) is 0.624. The molecule has 0 radical (unpaired) electrons. The van der Waals surface area contributed by atoms with Crippen molar-refractivity contribution in [2.45, 2.75) is 0 Å². The molecule has 0 unspecified atom stereocenters. The average molecular weight is 321 g/mol. The van der Waals surface area contributed by atoms with E-state index in [9.17, 15) is 14.0 Å². The maximum absolute atomic E-state index is 13.9. The maximum atomic E-state index is 13.9. The number of tetrazole rings is 1. The molecule has 0 aliphatic heterocycles. The number of halogens is 1. The molecule has 1 aromatic heterocycles. The first kappa shape index (κ1) is 16.1. The number of methoxy groups -OCH3 is 2. The second-order valence-corrected chi connectivity index (χ2v) is 4.12. The Kier molecular flexibility index (Phi) is 4.97. The van der Waals surface area contributed by atoms with Gasteiger partial charge in [-0.3, -0.25) is 0 Å². The van der Waals surface area contributed by atoms with E-state index in [2.05, 4.69) is 30.3 Å². The monoisotopic (exact) mass is 321 g/mol. The van der Waals surface area contributed by atoms with E-state index in [0.29, 0.717) is 5.69 Å². The van der Waals surface area contributed by atoms with Crippen LogP contribution in [0.5, 0.6) is 0 Å². The summed E-state index contributed by atoms with van der Waals surface area (Å²) in [4.78, 5) is 23.0. The lowest BCUT2D eigenvalue weighted by Gasteiger charge is -2.11. The highest BCUT2D eigenvalue weighted by molar-refractivity contribution is 5.98. The standard InChI is InChI=1S/C13H12FN5O4/c1-22-12(20)6-11(13(21)23-2)16-10-5-8(3-4-9(10)14)19-7-15-17-18-19/h3-7,16H,1-2H3/b11-6+. The van der Waals surface area contributed by atoms with Crippen LogP contribution >= 0.6 is 0 Å². The summed E-state index contributed by atoms with van der Waals surface area (Å²) in [6, 6.07) is 3.96. The first-order chi connectivity index (χ1) is 11.0. The van der Waals surface area contributed by atoms with Crippen molar-refractivity contribution in [3.63, 3.8) is 0 Å². The van der Waals surface area contributed by atoms with Gasteiger partial charge in [0.25, 0.3) is 0 Å². The number of hydrogen-bond acceptors (Lipinski definition) is 8. The molecule has 0 bridgehead atoms. The van der Waals surface area contributed by atoms with Crippen LogP contribution < -0.4 is 5.32 Å². The molecule has 0 atom stereocenters. The minimum Gasteiger partial charge on any atom is -0.466 e. The third kappa shape index (κ3) is 3.87. The Labute approximate surface area is 129 Å². The zero-order valence-corrected chi connectivity index (χ0v) is 12.2. The molecular formula is C13H12FN5O4.